The zero-order valence-electron chi connectivity index (χ0n) is 10.4. The Morgan fingerprint density at radius 2 is 1.71 bits per heavy atom. The van der Waals surface area contributed by atoms with E-state index < -0.39 is 17.5 Å². The zero-order valence-corrected chi connectivity index (χ0v) is 11.9. The molecule has 0 spiro atoms. The molecule has 2 nitrogen and oxygen atoms in total. The minimum absolute atomic E-state index is 0.00110. The summed E-state index contributed by atoms with van der Waals surface area (Å²) in [5, 5.41) is 2.24. The van der Waals surface area contributed by atoms with Gasteiger partial charge in [-0.1, -0.05) is 41.4 Å². The second-order valence-electron chi connectivity index (χ2n) is 4.44. The fraction of sp³-hybridized carbons (Fsp3) is 0. The number of rotatable bonds is 1. The number of halogens is 4. The lowest BCUT2D eigenvalue weighted by molar-refractivity contribution is -0.110. The SMILES string of the molecule is O=C1Nc2c(ccc(Cl)c2F)C1=Cc1cccc(Cl)c1F. The van der Waals surface area contributed by atoms with Crippen LogP contribution >= 0.6 is 23.2 Å². The minimum Gasteiger partial charge on any atom is -0.319 e. The number of benzene rings is 2. The van der Waals surface area contributed by atoms with Gasteiger partial charge in [-0.2, -0.15) is 0 Å². The molecule has 6 heteroatoms. The van der Waals surface area contributed by atoms with Gasteiger partial charge in [0.25, 0.3) is 5.91 Å². The molecule has 1 aliphatic rings. The van der Waals surface area contributed by atoms with Gasteiger partial charge in [-0.05, 0) is 18.2 Å². The summed E-state index contributed by atoms with van der Waals surface area (Å²) >= 11 is 11.4. The van der Waals surface area contributed by atoms with E-state index in [0.29, 0.717) is 5.56 Å². The summed E-state index contributed by atoms with van der Waals surface area (Å²) in [6, 6.07) is 7.30. The lowest BCUT2D eigenvalue weighted by Gasteiger charge is -2.02. The molecule has 1 amide bonds. The summed E-state index contributed by atoms with van der Waals surface area (Å²) in [4.78, 5) is 12.0. The van der Waals surface area contributed by atoms with Gasteiger partial charge in [0.2, 0.25) is 0 Å². The normalized spacial score (nSPS) is 15.2. The summed E-state index contributed by atoms with van der Waals surface area (Å²) in [6.45, 7) is 0. The number of carbonyl (C=O) groups is 1. The van der Waals surface area contributed by atoms with E-state index in [1.54, 1.807) is 6.07 Å². The van der Waals surface area contributed by atoms with Crippen LogP contribution in [0.5, 0.6) is 0 Å². The van der Waals surface area contributed by atoms with E-state index in [4.69, 9.17) is 23.2 Å². The molecule has 0 saturated carbocycles. The second kappa shape index (κ2) is 5.13. The monoisotopic (exact) mass is 325 g/mol. The van der Waals surface area contributed by atoms with Crippen molar-refractivity contribution in [2.45, 2.75) is 0 Å². The summed E-state index contributed by atoms with van der Waals surface area (Å²) in [7, 11) is 0. The molecule has 2 aromatic rings. The van der Waals surface area contributed by atoms with Crippen molar-refractivity contribution in [1.82, 2.24) is 0 Å². The van der Waals surface area contributed by atoms with Crippen molar-refractivity contribution in [2.75, 3.05) is 5.32 Å². The first-order valence-corrected chi connectivity index (χ1v) is 6.70. The largest absolute Gasteiger partial charge is 0.319 e. The Morgan fingerprint density at radius 3 is 2.48 bits per heavy atom. The van der Waals surface area contributed by atoms with Gasteiger partial charge in [-0.15, -0.1) is 0 Å². The van der Waals surface area contributed by atoms with E-state index in [1.165, 1.54) is 30.3 Å². The Hall–Kier alpha value is -1.91. The molecule has 0 bridgehead atoms. The van der Waals surface area contributed by atoms with E-state index in [0.717, 1.165) is 0 Å². The first kappa shape index (κ1) is 14.0. The molecule has 1 heterocycles. The fourth-order valence-electron chi connectivity index (χ4n) is 2.13. The molecule has 0 saturated heterocycles. The molecule has 0 aromatic heterocycles. The summed E-state index contributed by atoms with van der Waals surface area (Å²) in [5.74, 6) is -1.87. The van der Waals surface area contributed by atoms with Gasteiger partial charge in [-0.3, -0.25) is 4.79 Å². The third-order valence-electron chi connectivity index (χ3n) is 3.15. The Morgan fingerprint density at radius 1 is 1.00 bits per heavy atom. The van der Waals surface area contributed by atoms with Crippen LogP contribution in [0.4, 0.5) is 14.5 Å². The molecule has 0 fully saturated rings. The Labute approximate surface area is 129 Å². The molecule has 1 aliphatic heterocycles. The van der Waals surface area contributed by atoms with Crippen LogP contribution in [-0.2, 0) is 4.79 Å². The molecule has 1 N–H and O–H groups in total. The Bertz CT molecular complexity index is 803. The van der Waals surface area contributed by atoms with Crippen LogP contribution in [0.25, 0.3) is 11.6 Å². The fourth-order valence-corrected chi connectivity index (χ4v) is 2.47. The van der Waals surface area contributed by atoms with E-state index >= 15 is 0 Å². The van der Waals surface area contributed by atoms with Gasteiger partial charge in [0.1, 0.15) is 5.82 Å². The first-order chi connectivity index (χ1) is 9.99. The van der Waals surface area contributed by atoms with Gasteiger partial charge >= 0.3 is 0 Å². The van der Waals surface area contributed by atoms with E-state index in [-0.39, 0.29) is 26.9 Å². The lowest BCUT2D eigenvalue weighted by atomic mass is 10.0. The number of carbonyl (C=O) groups excluding carboxylic acids is 1. The van der Waals surface area contributed by atoms with E-state index in [2.05, 4.69) is 5.32 Å². The Balaban J connectivity index is 2.17. The van der Waals surface area contributed by atoms with Crippen LogP contribution in [0.15, 0.2) is 30.3 Å². The topological polar surface area (TPSA) is 29.1 Å². The van der Waals surface area contributed by atoms with E-state index in [1.807, 2.05) is 0 Å². The standard InChI is InChI=1S/C15H7Cl2F2NO/c16-10-3-1-2-7(12(10)18)6-9-8-4-5-11(17)13(19)14(8)20-15(9)21/h1-6H,(H,20,21). The van der Waals surface area contributed by atoms with Crippen LogP contribution in [0.1, 0.15) is 11.1 Å². The van der Waals surface area contributed by atoms with Crippen LogP contribution < -0.4 is 5.32 Å². The number of amides is 1. The molecular weight excluding hydrogens is 319 g/mol. The van der Waals surface area contributed by atoms with Gasteiger partial charge in [0.15, 0.2) is 5.82 Å². The summed E-state index contributed by atoms with van der Waals surface area (Å²) in [6.07, 6.45) is 1.33. The highest BCUT2D eigenvalue weighted by molar-refractivity contribution is 6.37. The van der Waals surface area contributed by atoms with Crippen molar-refractivity contribution in [3.63, 3.8) is 0 Å². The average Bonchev–Trinajstić information content (AvgIpc) is 2.77. The second-order valence-corrected chi connectivity index (χ2v) is 5.25. The molecule has 0 atom stereocenters. The van der Waals surface area contributed by atoms with Gasteiger partial charge in [-0.25, -0.2) is 8.78 Å². The maximum atomic E-state index is 13.9. The van der Waals surface area contributed by atoms with Gasteiger partial charge < -0.3 is 5.32 Å². The summed E-state index contributed by atoms with van der Waals surface area (Å²) in [5.41, 5.74) is 0.639. The molecule has 106 valence electrons. The van der Waals surface area contributed by atoms with Crippen LogP contribution in [-0.4, -0.2) is 5.91 Å². The molecule has 0 unspecified atom stereocenters. The number of anilines is 1. The van der Waals surface area contributed by atoms with Gasteiger partial charge in [0, 0.05) is 16.7 Å². The van der Waals surface area contributed by atoms with Gasteiger partial charge in [0.05, 0.1) is 15.7 Å². The van der Waals surface area contributed by atoms with Crippen molar-refractivity contribution in [3.05, 3.63) is 63.1 Å². The highest BCUT2D eigenvalue weighted by atomic mass is 35.5. The van der Waals surface area contributed by atoms with Crippen molar-refractivity contribution >= 4 is 46.4 Å². The van der Waals surface area contributed by atoms with Crippen molar-refractivity contribution in [1.29, 1.82) is 0 Å². The van der Waals surface area contributed by atoms with Crippen molar-refractivity contribution in [3.8, 4) is 0 Å². The van der Waals surface area contributed by atoms with Crippen LogP contribution in [0, 0.1) is 11.6 Å². The number of fused-ring (bicyclic) bond motifs is 1. The maximum Gasteiger partial charge on any atom is 0.256 e. The predicted molar refractivity (Wildman–Crippen MR) is 79.3 cm³/mol. The average molecular weight is 326 g/mol. The Kier molecular flexibility index (Phi) is 3.43. The first-order valence-electron chi connectivity index (χ1n) is 5.94. The van der Waals surface area contributed by atoms with E-state index in [9.17, 15) is 13.6 Å². The third-order valence-corrected chi connectivity index (χ3v) is 3.73. The smallest absolute Gasteiger partial charge is 0.256 e. The molecule has 0 radical (unpaired) electrons. The van der Waals surface area contributed by atoms with Crippen LogP contribution in [0.2, 0.25) is 10.0 Å². The number of nitrogens with one attached hydrogen (secondary N) is 1. The highest BCUT2D eigenvalue weighted by Gasteiger charge is 2.28. The lowest BCUT2D eigenvalue weighted by Crippen LogP contribution is -2.04. The molecule has 0 aliphatic carbocycles. The van der Waals surface area contributed by atoms with Crippen molar-refractivity contribution in [2.24, 2.45) is 0 Å². The minimum atomic E-state index is -0.711. The number of hydrogen-bond donors (Lipinski definition) is 1. The molecule has 21 heavy (non-hydrogen) atoms. The molecule has 2 aromatic carbocycles. The zero-order chi connectivity index (χ0) is 15.1. The predicted octanol–water partition coefficient (Wildman–Crippen LogP) is 4.76. The molecular formula is C15H7Cl2F2NO. The highest BCUT2D eigenvalue weighted by Crippen LogP contribution is 2.38. The summed E-state index contributed by atoms with van der Waals surface area (Å²) < 4.78 is 27.8. The number of hydrogen-bond acceptors (Lipinski definition) is 1. The van der Waals surface area contributed by atoms with Crippen molar-refractivity contribution < 1.29 is 13.6 Å². The van der Waals surface area contributed by atoms with Crippen LogP contribution in [0.3, 0.4) is 0 Å². The molecule has 3 rings (SSSR count). The maximum absolute atomic E-state index is 13.9. The third kappa shape index (κ3) is 2.30. The quantitative estimate of drug-likeness (QED) is 0.752.